The highest BCUT2D eigenvalue weighted by Gasteiger charge is 2.20. The van der Waals surface area contributed by atoms with Crippen molar-refractivity contribution < 1.29 is 0 Å². The van der Waals surface area contributed by atoms with Crippen LogP contribution in [0.1, 0.15) is 13.3 Å². The number of hydrogen-bond acceptors (Lipinski definition) is 4. The van der Waals surface area contributed by atoms with Gasteiger partial charge in [-0.05, 0) is 18.6 Å². The van der Waals surface area contributed by atoms with Crippen molar-refractivity contribution in [3.63, 3.8) is 0 Å². The number of aromatic nitrogens is 1. The smallest absolute Gasteiger partial charge is 0.151 e. The minimum Gasteiger partial charge on any atom is -0.396 e. The Labute approximate surface area is 95.1 Å². The molecule has 0 aromatic carbocycles. The molecule has 1 aromatic rings. The van der Waals surface area contributed by atoms with Gasteiger partial charge in [-0.25, -0.2) is 4.98 Å². The molecule has 82 valence electrons. The molecule has 0 amide bonds. The zero-order valence-electron chi connectivity index (χ0n) is 9.02. The van der Waals surface area contributed by atoms with Crippen LogP contribution >= 0.6 is 11.8 Å². The van der Waals surface area contributed by atoms with E-state index in [9.17, 15) is 0 Å². The number of hydrogen-bond donors (Lipinski definition) is 1. The Bertz CT molecular complexity index is 329. The molecule has 1 aromatic heterocycles. The van der Waals surface area contributed by atoms with Crippen molar-refractivity contribution in [2.45, 2.75) is 18.6 Å². The quantitative estimate of drug-likeness (QED) is 0.832. The number of pyridine rings is 1. The number of nitrogens with two attached hydrogens (primary N) is 1. The lowest BCUT2D eigenvalue weighted by Gasteiger charge is -2.33. The van der Waals surface area contributed by atoms with Crippen molar-refractivity contribution in [2.24, 2.45) is 0 Å². The summed E-state index contributed by atoms with van der Waals surface area (Å²) < 4.78 is 0. The third-order valence-corrected chi connectivity index (χ3v) is 4.08. The van der Waals surface area contributed by atoms with E-state index in [0.29, 0.717) is 0 Å². The SMILES string of the molecule is CCC1CN(c2ncccc2N)CCS1. The second kappa shape index (κ2) is 4.75. The summed E-state index contributed by atoms with van der Waals surface area (Å²) in [6, 6.07) is 3.81. The molecule has 0 radical (unpaired) electrons. The summed E-state index contributed by atoms with van der Waals surface area (Å²) in [7, 11) is 0. The van der Waals surface area contributed by atoms with Gasteiger partial charge in [0.05, 0.1) is 5.69 Å². The van der Waals surface area contributed by atoms with E-state index < -0.39 is 0 Å². The van der Waals surface area contributed by atoms with Crippen LogP contribution in [0.15, 0.2) is 18.3 Å². The molecule has 0 saturated carbocycles. The monoisotopic (exact) mass is 223 g/mol. The van der Waals surface area contributed by atoms with E-state index in [1.54, 1.807) is 0 Å². The fourth-order valence-corrected chi connectivity index (χ4v) is 3.01. The van der Waals surface area contributed by atoms with Crippen LogP contribution in [0.25, 0.3) is 0 Å². The molecule has 1 atom stereocenters. The Morgan fingerprint density at radius 1 is 1.67 bits per heavy atom. The molecular formula is C11H17N3S. The summed E-state index contributed by atoms with van der Waals surface area (Å²) in [5, 5.41) is 0.722. The molecule has 3 nitrogen and oxygen atoms in total. The summed E-state index contributed by atoms with van der Waals surface area (Å²) in [4.78, 5) is 6.67. The van der Waals surface area contributed by atoms with Crippen molar-refractivity contribution >= 4 is 23.3 Å². The first-order chi connectivity index (χ1) is 7.31. The lowest BCUT2D eigenvalue weighted by molar-refractivity contribution is 0.721. The van der Waals surface area contributed by atoms with Gasteiger partial charge < -0.3 is 10.6 Å². The lowest BCUT2D eigenvalue weighted by Crippen LogP contribution is -2.38. The van der Waals surface area contributed by atoms with Crippen LogP contribution in [0.3, 0.4) is 0 Å². The van der Waals surface area contributed by atoms with E-state index in [0.717, 1.165) is 29.8 Å². The van der Waals surface area contributed by atoms with Gasteiger partial charge in [-0.15, -0.1) is 0 Å². The molecule has 1 fully saturated rings. The summed E-state index contributed by atoms with van der Waals surface area (Å²) in [6.07, 6.45) is 3.03. The van der Waals surface area contributed by atoms with E-state index in [2.05, 4.69) is 28.6 Å². The topological polar surface area (TPSA) is 42.2 Å². The van der Waals surface area contributed by atoms with Crippen LogP contribution in [-0.2, 0) is 0 Å². The van der Waals surface area contributed by atoms with Crippen molar-refractivity contribution in [2.75, 3.05) is 29.5 Å². The summed E-state index contributed by atoms with van der Waals surface area (Å²) >= 11 is 2.06. The highest BCUT2D eigenvalue weighted by Crippen LogP contribution is 2.27. The molecule has 4 heteroatoms. The highest BCUT2D eigenvalue weighted by atomic mass is 32.2. The standard InChI is InChI=1S/C11H17N3S/c1-2-9-8-14(6-7-15-9)11-10(12)4-3-5-13-11/h3-5,9H,2,6-8,12H2,1H3. The number of thioether (sulfide) groups is 1. The predicted octanol–water partition coefficient (Wildman–Crippen LogP) is 2.00. The summed E-state index contributed by atoms with van der Waals surface area (Å²) in [6.45, 7) is 4.37. The molecule has 1 aliphatic heterocycles. The van der Waals surface area contributed by atoms with Crippen LogP contribution in [-0.4, -0.2) is 29.1 Å². The van der Waals surface area contributed by atoms with Gasteiger partial charge in [-0.3, -0.25) is 0 Å². The molecule has 0 aliphatic carbocycles. The highest BCUT2D eigenvalue weighted by molar-refractivity contribution is 8.00. The Morgan fingerprint density at radius 3 is 3.27 bits per heavy atom. The number of anilines is 2. The first kappa shape index (κ1) is 10.6. The van der Waals surface area contributed by atoms with Gasteiger partial charge in [0.2, 0.25) is 0 Å². The lowest BCUT2D eigenvalue weighted by atomic mass is 10.2. The first-order valence-corrected chi connectivity index (χ1v) is 6.43. The molecule has 0 spiro atoms. The average molecular weight is 223 g/mol. The van der Waals surface area contributed by atoms with Crippen molar-refractivity contribution in [3.05, 3.63) is 18.3 Å². The van der Waals surface area contributed by atoms with E-state index in [1.807, 2.05) is 18.3 Å². The van der Waals surface area contributed by atoms with Gasteiger partial charge in [0.25, 0.3) is 0 Å². The third-order valence-electron chi connectivity index (χ3n) is 2.71. The van der Waals surface area contributed by atoms with Crippen molar-refractivity contribution in [1.82, 2.24) is 4.98 Å². The van der Waals surface area contributed by atoms with Gasteiger partial charge in [-0.2, -0.15) is 11.8 Å². The summed E-state index contributed by atoms with van der Waals surface area (Å²) in [5.41, 5.74) is 6.72. The maximum absolute atomic E-state index is 5.93. The Morgan fingerprint density at radius 2 is 2.53 bits per heavy atom. The molecule has 2 heterocycles. The second-order valence-electron chi connectivity index (χ2n) is 3.76. The van der Waals surface area contributed by atoms with E-state index in [1.165, 1.54) is 12.2 Å². The van der Waals surface area contributed by atoms with Gasteiger partial charge in [0.1, 0.15) is 0 Å². The summed E-state index contributed by atoms with van der Waals surface area (Å²) in [5.74, 6) is 2.13. The van der Waals surface area contributed by atoms with Crippen LogP contribution in [0.4, 0.5) is 11.5 Å². The van der Waals surface area contributed by atoms with E-state index in [-0.39, 0.29) is 0 Å². The third kappa shape index (κ3) is 2.37. The normalized spacial score (nSPS) is 21.7. The minimum absolute atomic E-state index is 0.722. The van der Waals surface area contributed by atoms with Crippen LogP contribution < -0.4 is 10.6 Å². The predicted molar refractivity (Wildman–Crippen MR) is 67.4 cm³/mol. The Hall–Kier alpha value is -0.900. The molecule has 0 bridgehead atoms. The maximum atomic E-state index is 5.93. The van der Waals surface area contributed by atoms with Crippen LogP contribution in [0.2, 0.25) is 0 Å². The zero-order valence-corrected chi connectivity index (χ0v) is 9.83. The van der Waals surface area contributed by atoms with Gasteiger partial charge in [0, 0.05) is 30.3 Å². The van der Waals surface area contributed by atoms with Crippen LogP contribution in [0.5, 0.6) is 0 Å². The second-order valence-corrected chi connectivity index (χ2v) is 5.17. The molecule has 1 saturated heterocycles. The number of nitrogens with zero attached hydrogens (tertiary/aromatic N) is 2. The fourth-order valence-electron chi connectivity index (χ4n) is 1.83. The largest absolute Gasteiger partial charge is 0.396 e. The van der Waals surface area contributed by atoms with Crippen LogP contribution in [0, 0.1) is 0 Å². The number of nitrogen functional groups attached to an aromatic ring is 1. The van der Waals surface area contributed by atoms with Gasteiger partial charge >= 0.3 is 0 Å². The maximum Gasteiger partial charge on any atom is 0.151 e. The Kier molecular flexibility index (Phi) is 3.36. The molecule has 15 heavy (non-hydrogen) atoms. The van der Waals surface area contributed by atoms with Crippen molar-refractivity contribution in [3.8, 4) is 0 Å². The zero-order chi connectivity index (χ0) is 10.7. The average Bonchev–Trinajstić information content (AvgIpc) is 2.30. The van der Waals surface area contributed by atoms with E-state index in [4.69, 9.17) is 5.73 Å². The van der Waals surface area contributed by atoms with Gasteiger partial charge in [0.15, 0.2) is 5.82 Å². The molecule has 2 N–H and O–H groups in total. The molecule has 1 unspecified atom stereocenters. The molecule has 2 rings (SSSR count). The molecule has 1 aliphatic rings. The van der Waals surface area contributed by atoms with Gasteiger partial charge in [-0.1, -0.05) is 6.92 Å². The van der Waals surface area contributed by atoms with Crippen molar-refractivity contribution in [1.29, 1.82) is 0 Å². The van der Waals surface area contributed by atoms with E-state index >= 15 is 0 Å². The molecular weight excluding hydrogens is 206 g/mol. The Balaban J connectivity index is 2.13. The number of rotatable bonds is 2. The first-order valence-electron chi connectivity index (χ1n) is 5.38. The minimum atomic E-state index is 0.722. The fraction of sp³-hybridized carbons (Fsp3) is 0.545.